The van der Waals surface area contributed by atoms with Crippen LogP contribution >= 0.6 is 0 Å². The zero-order valence-electron chi connectivity index (χ0n) is 20.6. The van der Waals surface area contributed by atoms with E-state index < -0.39 is 35.6 Å². The Labute approximate surface area is 207 Å². The molecule has 2 heterocycles. The first-order valence-corrected chi connectivity index (χ1v) is 12.7. The number of esters is 1. The fourth-order valence-electron chi connectivity index (χ4n) is 6.09. The normalized spacial score (nSPS) is 40.0. The first-order chi connectivity index (χ1) is 16.7. The maximum absolute atomic E-state index is 13.7. The number of aliphatic hydroxyl groups is 2. The second-order valence-corrected chi connectivity index (χ2v) is 10.5. The average molecular weight is 480 g/mol. The van der Waals surface area contributed by atoms with E-state index in [1.54, 1.807) is 0 Å². The molecule has 2 fully saturated rings. The van der Waals surface area contributed by atoms with Crippen molar-refractivity contribution in [1.82, 2.24) is 5.32 Å². The van der Waals surface area contributed by atoms with Crippen LogP contribution in [0.1, 0.15) is 45.1 Å². The molecule has 1 amide bonds. The lowest BCUT2D eigenvalue weighted by atomic mass is 9.59. The summed E-state index contributed by atoms with van der Waals surface area (Å²) in [5.41, 5.74) is 0.136. The molecule has 0 bridgehead atoms. The van der Waals surface area contributed by atoms with Crippen LogP contribution in [-0.2, 0) is 20.7 Å². The van der Waals surface area contributed by atoms with Gasteiger partial charge in [0, 0.05) is 18.0 Å². The molecule has 4 rings (SSSR count). The molecule has 1 aliphatic carbocycles. The zero-order chi connectivity index (χ0) is 25.2. The minimum absolute atomic E-state index is 0.262. The van der Waals surface area contributed by atoms with E-state index in [0.717, 1.165) is 24.8 Å². The Morgan fingerprint density at radius 2 is 1.86 bits per heavy atom. The molecule has 0 aromatic heterocycles. The van der Waals surface area contributed by atoms with Crippen molar-refractivity contribution in [1.29, 1.82) is 0 Å². The molecule has 0 radical (unpaired) electrons. The van der Waals surface area contributed by atoms with Gasteiger partial charge in [0.05, 0.1) is 18.1 Å². The van der Waals surface area contributed by atoms with E-state index in [0.29, 0.717) is 24.3 Å². The van der Waals surface area contributed by atoms with Gasteiger partial charge in [-0.25, -0.2) is 4.79 Å². The number of benzene rings is 1. The Bertz CT molecular complexity index is 1000. The zero-order valence-corrected chi connectivity index (χ0v) is 20.6. The molecule has 1 spiro atoms. The Hall–Kier alpha value is -2.70. The minimum Gasteiger partial charge on any atom is -0.445 e. The second kappa shape index (κ2) is 10.5. The van der Waals surface area contributed by atoms with Crippen LogP contribution in [0.15, 0.2) is 66.8 Å². The molecule has 1 saturated carbocycles. The molecule has 188 valence electrons. The summed E-state index contributed by atoms with van der Waals surface area (Å²) in [7, 11) is 0. The number of ether oxygens (including phenoxy) is 1. The number of nitrogens with one attached hydrogen (secondary N) is 1. The Morgan fingerprint density at radius 3 is 2.60 bits per heavy atom. The van der Waals surface area contributed by atoms with Crippen LogP contribution in [0.5, 0.6) is 0 Å². The number of aliphatic hydroxyl groups excluding tert-OH is 2. The number of carbonyl (C=O) groups is 2. The summed E-state index contributed by atoms with van der Waals surface area (Å²) < 4.78 is 6.05. The van der Waals surface area contributed by atoms with Crippen molar-refractivity contribution in [2.75, 3.05) is 0 Å². The molecule has 0 unspecified atom stereocenters. The van der Waals surface area contributed by atoms with Crippen LogP contribution in [0.3, 0.4) is 0 Å². The monoisotopic (exact) mass is 479 g/mol. The van der Waals surface area contributed by atoms with E-state index in [2.05, 4.69) is 18.8 Å². The molecule has 3 aliphatic rings. The molecule has 3 N–H and O–H groups in total. The van der Waals surface area contributed by atoms with Crippen LogP contribution in [0, 0.1) is 23.7 Å². The van der Waals surface area contributed by atoms with Crippen LogP contribution in [0.25, 0.3) is 0 Å². The van der Waals surface area contributed by atoms with Gasteiger partial charge in [-0.15, -0.1) is 0 Å². The highest BCUT2D eigenvalue weighted by atomic mass is 16.6. The third kappa shape index (κ3) is 5.00. The highest BCUT2D eigenvalue weighted by Crippen LogP contribution is 2.52. The molecule has 6 nitrogen and oxygen atoms in total. The summed E-state index contributed by atoms with van der Waals surface area (Å²) in [6.07, 6.45) is 8.39. The molecule has 1 aromatic carbocycles. The summed E-state index contributed by atoms with van der Waals surface area (Å²) in [6.45, 7) is 8.27. The predicted molar refractivity (Wildman–Crippen MR) is 134 cm³/mol. The highest BCUT2D eigenvalue weighted by Gasteiger charge is 2.67. The van der Waals surface area contributed by atoms with Crippen LogP contribution in [0.4, 0.5) is 0 Å². The van der Waals surface area contributed by atoms with Gasteiger partial charge in [0.15, 0.2) is 0 Å². The van der Waals surface area contributed by atoms with Gasteiger partial charge in [0.2, 0.25) is 5.60 Å². The van der Waals surface area contributed by atoms with E-state index in [1.807, 2.05) is 49.4 Å². The average Bonchev–Trinajstić information content (AvgIpc) is 3.09. The first-order valence-electron chi connectivity index (χ1n) is 12.7. The Morgan fingerprint density at radius 1 is 1.11 bits per heavy atom. The third-order valence-corrected chi connectivity index (χ3v) is 8.04. The van der Waals surface area contributed by atoms with Crippen molar-refractivity contribution in [3.8, 4) is 0 Å². The topological polar surface area (TPSA) is 95.9 Å². The van der Waals surface area contributed by atoms with Gasteiger partial charge < -0.3 is 20.3 Å². The van der Waals surface area contributed by atoms with Gasteiger partial charge in [-0.1, -0.05) is 75.8 Å². The number of hydrogen-bond acceptors (Lipinski definition) is 5. The number of rotatable bonds is 2. The highest BCUT2D eigenvalue weighted by molar-refractivity contribution is 5.94. The Kier molecular flexibility index (Phi) is 7.62. The van der Waals surface area contributed by atoms with Crippen molar-refractivity contribution in [2.45, 2.75) is 69.8 Å². The van der Waals surface area contributed by atoms with Gasteiger partial charge in [0.25, 0.3) is 5.91 Å². The molecule has 35 heavy (non-hydrogen) atoms. The van der Waals surface area contributed by atoms with Crippen molar-refractivity contribution >= 4 is 11.9 Å². The molecule has 8 atom stereocenters. The summed E-state index contributed by atoms with van der Waals surface area (Å²) in [6, 6.07) is 9.59. The minimum atomic E-state index is -1.57. The lowest BCUT2D eigenvalue weighted by molar-refractivity contribution is -0.182. The number of hydrogen-bond donors (Lipinski definition) is 3. The molecule has 1 saturated heterocycles. The summed E-state index contributed by atoms with van der Waals surface area (Å²) >= 11 is 0. The van der Waals surface area contributed by atoms with Crippen molar-refractivity contribution in [3.63, 3.8) is 0 Å². The van der Waals surface area contributed by atoms with Gasteiger partial charge in [-0.05, 0) is 48.3 Å². The maximum Gasteiger partial charge on any atom is 0.331 e. The smallest absolute Gasteiger partial charge is 0.331 e. The number of amides is 1. The van der Waals surface area contributed by atoms with Gasteiger partial charge in [0.1, 0.15) is 0 Å². The van der Waals surface area contributed by atoms with E-state index in [9.17, 15) is 19.8 Å². The number of carbonyl (C=O) groups excluding carboxylic acids is 2. The van der Waals surface area contributed by atoms with Crippen molar-refractivity contribution in [3.05, 3.63) is 72.4 Å². The summed E-state index contributed by atoms with van der Waals surface area (Å²) in [5, 5.41) is 24.7. The first kappa shape index (κ1) is 25.4. The van der Waals surface area contributed by atoms with Gasteiger partial charge in [-0.2, -0.15) is 0 Å². The number of allylic oxidation sites excluding steroid dienone is 1. The van der Waals surface area contributed by atoms with Gasteiger partial charge in [-0.3, -0.25) is 4.79 Å². The maximum atomic E-state index is 13.7. The van der Waals surface area contributed by atoms with E-state index >= 15 is 0 Å². The Balaban J connectivity index is 1.78. The van der Waals surface area contributed by atoms with Crippen LogP contribution in [-0.4, -0.2) is 45.9 Å². The van der Waals surface area contributed by atoms with Gasteiger partial charge >= 0.3 is 5.97 Å². The van der Waals surface area contributed by atoms with E-state index in [4.69, 9.17) is 4.74 Å². The standard InChI is InChI=1S/C29H37NO5/c1-18-9-7-13-22(31)15-16-25(32)35-29-23(14-8-10-18)27(33)20(3)19(2)26(29)24(30-28(29)34)17-21-11-5-4-6-12-21/h4-6,8,11-12,14-16,18-19,22-24,26-27,31,33H,3,7,9-10,13,17H2,1-2H3,(H,30,34)/b14-8+,16-15+/t18-,19-,22-,23-,24+,26+,27-,29-/m1/s1. The molecular weight excluding hydrogens is 442 g/mol. The van der Waals surface area contributed by atoms with E-state index in [-0.39, 0.29) is 17.9 Å². The quantitative estimate of drug-likeness (QED) is 0.446. The molecular formula is C29H37NO5. The SMILES string of the molecule is C=C1[C@@H](C)[C@H]2[C@H](Cc3ccccc3)NC(=O)[C@]23OC(=O)/C=C/[C@H](O)CCC[C@@H](C)C/C=C/[C@@H]3[C@@H]1O. The van der Waals surface area contributed by atoms with E-state index in [1.165, 1.54) is 12.2 Å². The predicted octanol–water partition coefficient (Wildman–Crippen LogP) is 3.49. The molecule has 2 aliphatic heterocycles. The van der Waals surface area contributed by atoms with Crippen LogP contribution in [0.2, 0.25) is 0 Å². The lowest BCUT2D eigenvalue weighted by Gasteiger charge is -2.49. The fraction of sp³-hybridized carbons (Fsp3) is 0.517. The lowest BCUT2D eigenvalue weighted by Crippen LogP contribution is -2.61. The second-order valence-electron chi connectivity index (χ2n) is 10.5. The van der Waals surface area contributed by atoms with Crippen molar-refractivity contribution in [2.24, 2.45) is 23.7 Å². The molecule has 6 heteroatoms. The molecule has 1 aromatic rings. The summed E-state index contributed by atoms with van der Waals surface area (Å²) in [4.78, 5) is 26.8. The van der Waals surface area contributed by atoms with Crippen LogP contribution < -0.4 is 5.32 Å². The third-order valence-electron chi connectivity index (χ3n) is 8.04. The fourth-order valence-corrected chi connectivity index (χ4v) is 6.09. The van der Waals surface area contributed by atoms with Crippen molar-refractivity contribution < 1.29 is 24.5 Å². The summed E-state index contributed by atoms with van der Waals surface area (Å²) in [5.74, 6) is -2.13. The largest absolute Gasteiger partial charge is 0.445 e.